The molecule has 1 aromatic carbocycles. The molecule has 1 heterocycles. The predicted octanol–water partition coefficient (Wildman–Crippen LogP) is 2.11. The summed E-state index contributed by atoms with van der Waals surface area (Å²) < 4.78 is 5.28. The minimum Gasteiger partial charge on any atom is -0.378 e. The second-order valence-electron chi connectivity index (χ2n) is 5.33. The van der Waals surface area contributed by atoms with E-state index in [2.05, 4.69) is 17.4 Å². The van der Waals surface area contributed by atoms with Gasteiger partial charge < -0.3 is 15.0 Å². The number of carbonyl (C=O) groups is 1. The first-order valence-corrected chi connectivity index (χ1v) is 7.01. The summed E-state index contributed by atoms with van der Waals surface area (Å²) in [5.41, 5.74) is 1.08. The molecule has 2 amide bonds. The Hall–Kier alpha value is -1.55. The van der Waals surface area contributed by atoms with E-state index in [0.29, 0.717) is 26.3 Å². The average Bonchev–Trinajstić information content (AvgIpc) is 2.44. The molecular weight excluding hydrogens is 240 g/mol. The monoisotopic (exact) mass is 260 g/mol. The van der Waals surface area contributed by atoms with E-state index in [1.807, 2.05) is 23.1 Å². The van der Waals surface area contributed by atoms with Gasteiger partial charge in [0.2, 0.25) is 0 Å². The van der Waals surface area contributed by atoms with Crippen LogP contribution in [0.2, 0.25) is 0 Å². The lowest BCUT2D eigenvalue weighted by atomic mass is 9.72. The molecule has 0 bridgehead atoms. The van der Waals surface area contributed by atoms with Gasteiger partial charge in [0.1, 0.15) is 0 Å². The van der Waals surface area contributed by atoms with Gasteiger partial charge in [-0.05, 0) is 24.8 Å². The molecule has 4 heteroatoms. The fourth-order valence-electron chi connectivity index (χ4n) is 2.82. The van der Waals surface area contributed by atoms with Crippen LogP contribution in [0.5, 0.6) is 0 Å². The highest BCUT2D eigenvalue weighted by Crippen LogP contribution is 2.41. The van der Waals surface area contributed by atoms with Crippen molar-refractivity contribution in [2.24, 2.45) is 0 Å². The van der Waals surface area contributed by atoms with Crippen LogP contribution < -0.4 is 5.32 Å². The summed E-state index contributed by atoms with van der Waals surface area (Å²) >= 11 is 0. The number of morpholine rings is 1. The van der Waals surface area contributed by atoms with Gasteiger partial charge in [-0.15, -0.1) is 0 Å². The number of carbonyl (C=O) groups excluding carboxylic acids is 1. The Kier molecular flexibility index (Phi) is 3.42. The fourth-order valence-corrected chi connectivity index (χ4v) is 2.82. The minimum absolute atomic E-state index is 0.0480. The van der Waals surface area contributed by atoms with Crippen molar-refractivity contribution in [3.8, 4) is 0 Å². The summed E-state index contributed by atoms with van der Waals surface area (Å²) in [4.78, 5) is 14.2. The predicted molar refractivity (Wildman–Crippen MR) is 72.9 cm³/mol. The molecule has 2 aliphatic rings. The summed E-state index contributed by atoms with van der Waals surface area (Å²) in [6.07, 6.45) is 3.25. The first-order chi connectivity index (χ1) is 9.30. The Morgan fingerprint density at radius 1 is 1.16 bits per heavy atom. The number of rotatable bonds is 2. The van der Waals surface area contributed by atoms with E-state index in [1.165, 1.54) is 12.0 Å². The molecule has 0 spiro atoms. The molecule has 1 aliphatic heterocycles. The van der Waals surface area contributed by atoms with Crippen molar-refractivity contribution in [1.29, 1.82) is 0 Å². The molecule has 1 saturated carbocycles. The molecule has 1 saturated heterocycles. The lowest BCUT2D eigenvalue weighted by Crippen LogP contribution is -2.56. The smallest absolute Gasteiger partial charge is 0.318 e. The number of amides is 2. The van der Waals surface area contributed by atoms with Gasteiger partial charge in [-0.1, -0.05) is 30.3 Å². The van der Waals surface area contributed by atoms with E-state index >= 15 is 0 Å². The van der Waals surface area contributed by atoms with Crippen molar-refractivity contribution in [3.05, 3.63) is 35.9 Å². The zero-order valence-corrected chi connectivity index (χ0v) is 11.1. The third-order valence-electron chi connectivity index (χ3n) is 4.18. The topological polar surface area (TPSA) is 41.6 Å². The Balaban J connectivity index is 1.71. The van der Waals surface area contributed by atoms with E-state index in [4.69, 9.17) is 4.74 Å². The number of hydrogen-bond donors (Lipinski definition) is 1. The van der Waals surface area contributed by atoms with Crippen molar-refractivity contribution in [1.82, 2.24) is 10.2 Å². The van der Waals surface area contributed by atoms with Crippen LogP contribution in [0, 0.1) is 0 Å². The molecule has 2 fully saturated rings. The standard InChI is InChI=1S/C15H20N2O2/c18-14(17-9-11-19-12-10-17)16-15(7-4-8-15)13-5-2-1-3-6-13/h1-3,5-6H,4,7-12H2,(H,16,18). The molecule has 0 radical (unpaired) electrons. The molecule has 1 aromatic rings. The molecule has 1 aliphatic carbocycles. The SMILES string of the molecule is O=C(NC1(c2ccccc2)CCC1)N1CCOCC1. The lowest BCUT2D eigenvalue weighted by molar-refractivity contribution is 0.0479. The van der Waals surface area contributed by atoms with Crippen LogP contribution in [-0.2, 0) is 10.3 Å². The van der Waals surface area contributed by atoms with Crippen LogP contribution in [0.25, 0.3) is 0 Å². The van der Waals surface area contributed by atoms with Crippen LogP contribution in [0.3, 0.4) is 0 Å². The summed E-state index contributed by atoms with van der Waals surface area (Å²) in [5.74, 6) is 0. The van der Waals surface area contributed by atoms with E-state index in [-0.39, 0.29) is 11.6 Å². The quantitative estimate of drug-likeness (QED) is 0.885. The number of nitrogens with zero attached hydrogens (tertiary/aromatic N) is 1. The maximum absolute atomic E-state index is 12.3. The van der Waals surface area contributed by atoms with Crippen molar-refractivity contribution >= 4 is 6.03 Å². The molecule has 102 valence electrons. The van der Waals surface area contributed by atoms with Crippen LogP contribution in [-0.4, -0.2) is 37.2 Å². The Bertz CT molecular complexity index is 437. The maximum atomic E-state index is 12.3. The summed E-state index contributed by atoms with van der Waals surface area (Å²) in [5, 5.41) is 3.25. The minimum atomic E-state index is -0.142. The molecule has 4 nitrogen and oxygen atoms in total. The zero-order chi connectivity index (χ0) is 13.1. The highest BCUT2D eigenvalue weighted by atomic mass is 16.5. The number of benzene rings is 1. The van der Waals surface area contributed by atoms with Crippen molar-refractivity contribution in [3.63, 3.8) is 0 Å². The maximum Gasteiger partial charge on any atom is 0.318 e. The lowest BCUT2D eigenvalue weighted by Gasteiger charge is -2.44. The Labute approximate surface area is 113 Å². The second kappa shape index (κ2) is 5.21. The van der Waals surface area contributed by atoms with Gasteiger partial charge in [0.15, 0.2) is 0 Å². The van der Waals surface area contributed by atoms with Crippen molar-refractivity contribution < 1.29 is 9.53 Å². The van der Waals surface area contributed by atoms with E-state index in [0.717, 1.165) is 12.8 Å². The number of hydrogen-bond acceptors (Lipinski definition) is 2. The molecule has 19 heavy (non-hydrogen) atoms. The van der Waals surface area contributed by atoms with Crippen molar-refractivity contribution in [2.75, 3.05) is 26.3 Å². The molecule has 3 rings (SSSR count). The first-order valence-electron chi connectivity index (χ1n) is 7.01. The second-order valence-corrected chi connectivity index (χ2v) is 5.33. The summed E-state index contributed by atoms with van der Waals surface area (Å²) in [7, 11) is 0. The van der Waals surface area contributed by atoms with Gasteiger partial charge in [-0.3, -0.25) is 0 Å². The number of nitrogens with one attached hydrogen (secondary N) is 1. The molecule has 0 atom stereocenters. The zero-order valence-electron chi connectivity index (χ0n) is 11.1. The van der Waals surface area contributed by atoms with Crippen LogP contribution in [0.4, 0.5) is 4.79 Å². The highest BCUT2D eigenvalue weighted by molar-refractivity contribution is 5.75. The van der Waals surface area contributed by atoms with E-state index in [1.54, 1.807) is 0 Å². The number of ether oxygens (including phenoxy) is 1. The van der Waals surface area contributed by atoms with E-state index < -0.39 is 0 Å². The van der Waals surface area contributed by atoms with Crippen LogP contribution in [0.1, 0.15) is 24.8 Å². The van der Waals surface area contributed by atoms with Crippen molar-refractivity contribution in [2.45, 2.75) is 24.8 Å². The van der Waals surface area contributed by atoms with E-state index in [9.17, 15) is 4.79 Å². The Morgan fingerprint density at radius 2 is 1.84 bits per heavy atom. The van der Waals surface area contributed by atoms with Gasteiger partial charge in [0.25, 0.3) is 0 Å². The van der Waals surface area contributed by atoms with Gasteiger partial charge >= 0.3 is 6.03 Å². The summed E-state index contributed by atoms with van der Waals surface area (Å²) in [6, 6.07) is 10.4. The number of urea groups is 1. The molecule has 0 unspecified atom stereocenters. The largest absolute Gasteiger partial charge is 0.378 e. The molecule has 0 aromatic heterocycles. The highest BCUT2D eigenvalue weighted by Gasteiger charge is 2.40. The molecule has 1 N–H and O–H groups in total. The van der Waals surface area contributed by atoms with Gasteiger partial charge in [-0.2, -0.15) is 0 Å². The van der Waals surface area contributed by atoms with Gasteiger partial charge in [0.05, 0.1) is 18.8 Å². The average molecular weight is 260 g/mol. The van der Waals surface area contributed by atoms with Crippen LogP contribution in [0.15, 0.2) is 30.3 Å². The third-order valence-corrected chi connectivity index (χ3v) is 4.18. The van der Waals surface area contributed by atoms with Crippen LogP contribution >= 0.6 is 0 Å². The molecular formula is C15H20N2O2. The normalized spacial score (nSPS) is 21.6. The Morgan fingerprint density at radius 3 is 2.42 bits per heavy atom. The summed E-state index contributed by atoms with van der Waals surface area (Å²) in [6.45, 7) is 2.67. The first kappa shape index (κ1) is 12.5. The van der Waals surface area contributed by atoms with Gasteiger partial charge in [-0.25, -0.2) is 4.79 Å². The fraction of sp³-hybridized carbons (Fsp3) is 0.533. The third kappa shape index (κ3) is 2.45. The van der Waals surface area contributed by atoms with Gasteiger partial charge in [0, 0.05) is 13.1 Å².